The van der Waals surface area contributed by atoms with Crippen molar-refractivity contribution in [1.82, 2.24) is 24.6 Å². The van der Waals surface area contributed by atoms with Crippen LogP contribution in [0.4, 0.5) is 26.3 Å². The molecule has 2 N–H and O–H groups in total. The second-order valence-electron chi connectivity index (χ2n) is 9.01. The predicted octanol–water partition coefficient (Wildman–Crippen LogP) is 5.21. The van der Waals surface area contributed by atoms with Gasteiger partial charge in [-0.05, 0) is 30.1 Å². The monoisotopic (exact) mass is 617 g/mol. The van der Waals surface area contributed by atoms with Crippen LogP contribution in [0.25, 0.3) is 16.6 Å². The van der Waals surface area contributed by atoms with Crippen molar-refractivity contribution in [2.75, 3.05) is 26.7 Å². The van der Waals surface area contributed by atoms with Crippen molar-refractivity contribution >= 4 is 28.8 Å². The lowest BCUT2D eigenvalue weighted by Gasteiger charge is -2.38. The van der Waals surface area contributed by atoms with Gasteiger partial charge in [0.1, 0.15) is 5.69 Å². The van der Waals surface area contributed by atoms with Gasteiger partial charge in [0, 0.05) is 42.8 Å². The number of carboxylic acid groups (broad SMARTS) is 2. The molecule has 42 heavy (non-hydrogen) atoms. The molecule has 1 atom stereocenters. The van der Waals surface area contributed by atoms with Gasteiger partial charge in [0.25, 0.3) is 0 Å². The zero-order chi connectivity index (χ0) is 31.1. The smallest absolute Gasteiger partial charge is 0.475 e. The minimum Gasteiger partial charge on any atom is -0.475 e. The maximum absolute atomic E-state index is 10.6. The summed E-state index contributed by atoms with van der Waals surface area (Å²) in [5.41, 5.74) is 4.51. The zero-order valence-electron chi connectivity index (χ0n) is 21.9. The van der Waals surface area contributed by atoms with Gasteiger partial charge in [0.05, 0.1) is 11.6 Å². The van der Waals surface area contributed by atoms with Crippen molar-refractivity contribution in [3.8, 4) is 11.1 Å². The average Bonchev–Trinajstić information content (AvgIpc) is 3.59. The first-order chi connectivity index (χ1) is 19.7. The van der Waals surface area contributed by atoms with Crippen LogP contribution in [0.1, 0.15) is 16.6 Å². The molecule has 0 amide bonds. The highest BCUT2D eigenvalue weighted by molar-refractivity contribution is 7.09. The molecular formula is C26H25F6N5O4S. The standard InChI is InChI=1S/C22H23N5S.2C2HF3O2/c1-25-11-12-26(15-19-8-5-13-28-19)16-21(25)22-20-10-9-18(14-27(20)24-23-22)17-6-3-2-4-7-17;2*3-2(4,5)1(6)7/h2-10,13-14,21H,11-12,15-16H2,1H3;2*(H,6,7). The Morgan fingerprint density at radius 3 is 2.07 bits per heavy atom. The van der Waals surface area contributed by atoms with Crippen molar-refractivity contribution in [2.24, 2.45) is 0 Å². The fraction of sp³-hybridized carbons (Fsp3) is 0.308. The van der Waals surface area contributed by atoms with E-state index in [0.29, 0.717) is 0 Å². The van der Waals surface area contributed by atoms with E-state index in [4.69, 9.17) is 19.8 Å². The van der Waals surface area contributed by atoms with Gasteiger partial charge in [0.15, 0.2) is 0 Å². The molecule has 226 valence electrons. The lowest BCUT2D eigenvalue weighted by atomic mass is 10.1. The summed E-state index contributed by atoms with van der Waals surface area (Å²) in [5, 5.41) is 25.4. The van der Waals surface area contributed by atoms with Gasteiger partial charge in [-0.3, -0.25) is 9.80 Å². The molecule has 0 saturated carbocycles. The highest BCUT2D eigenvalue weighted by atomic mass is 32.1. The van der Waals surface area contributed by atoms with Crippen LogP contribution in [0, 0.1) is 0 Å². The van der Waals surface area contributed by atoms with Crippen LogP contribution in [-0.4, -0.2) is 85.8 Å². The lowest BCUT2D eigenvalue weighted by molar-refractivity contribution is -0.193. The molecule has 0 aliphatic carbocycles. The molecule has 1 fully saturated rings. The number of hydrogen-bond donors (Lipinski definition) is 2. The van der Waals surface area contributed by atoms with Crippen molar-refractivity contribution in [3.05, 3.63) is 76.7 Å². The molecular weight excluding hydrogens is 592 g/mol. The van der Waals surface area contributed by atoms with Crippen LogP contribution in [0.3, 0.4) is 0 Å². The third kappa shape index (κ3) is 8.99. The predicted molar refractivity (Wildman–Crippen MR) is 141 cm³/mol. The number of carbonyl (C=O) groups is 2. The van der Waals surface area contributed by atoms with Crippen LogP contribution in [0.5, 0.6) is 0 Å². The fourth-order valence-corrected chi connectivity index (χ4v) is 4.69. The molecule has 1 aliphatic rings. The number of pyridine rings is 1. The molecule has 0 bridgehead atoms. The fourth-order valence-electron chi connectivity index (χ4n) is 3.94. The Morgan fingerprint density at radius 2 is 1.52 bits per heavy atom. The molecule has 4 aromatic rings. The molecule has 1 unspecified atom stereocenters. The summed E-state index contributed by atoms with van der Waals surface area (Å²) in [6.45, 7) is 4.11. The van der Waals surface area contributed by atoms with Gasteiger partial charge in [-0.2, -0.15) is 26.3 Å². The van der Waals surface area contributed by atoms with Gasteiger partial charge in [-0.1, -0.05) is 47.7 Å². The Kier molecular flexibility index (Phi) is 10.6. The quantitative estimate of drug-likeness (QED) is 0.300. The number of benzene rings is 1. The SMILES string of the molecule is CN1CCN(Cc2cccs2)CC1c1nnn2cc(-c3ccccc3)ccc12.O=C(O)C(F)(F)F.O=C(O)C(F)(F)F. The topological polar surface area (TPSA) is 111 Å². The Morgan fingerprint density at radius 1 is 0.905 bits per heavy atom. The van der Waals surface area contributed by atoms with E-state index in [1.165, 1.54) is 10.4 Å². The molecule has 0 radical (unpaired) electrons. The lowest BCUT2D eigenvalue weighted by Crippen LogP contribution is -2.46. The van der Waals surface area contributed by atoms with Crippen LogP contribution in [0.2, 0.25) is 0 Å². The summed E-state index contributed by atoms with van der Waals surface area (Å²) in [6, 6.07) is 19.3. The number of thiophene rings is 1. The number of halogens is 6. The molecule has 0 spiro atoms. The van der Waals surface area contributed by atoms with Gasteiger partial charge < -0.3 is 10.2 Å². The van der Waals surface area contributed by atoms with Gasteiger partial charge in [-0.25, -0.2) is 14.1 Å². The molecule has 1 saturated heterocycles. The van der Waals surface area contributed by atoms with Gasteiger partial charge in [0.2, 0.25) is 0 Å². The van der Waals surface area contributed by atoms with Gasteiger partial charge >= 0.3 is 24.3 Å². The second-order valence-corrected chi connectivity index (χ2v) is 10.0. The summed E-state index contributed by atoms with van der Waals surface area (Å²) < 4.78 is 65.4. The summed E-state index contributed by atoms with van der Waals surface area (Å²) >= 11 is 1.83. The first kappa shape index (κ1) is 32.5. The number of rotatable bonds is 4. The Balaban J connectivity index is 0.000000289. The van der Waals surface area contributed by atoms with Crippen molar-refractivity contribution in [3.63, 3.8) is 0 Å². The molecule has 1 aromatic carbocycles. The Labute approximate surface area is 239 Å². The minimum absolute atomic E-state index is 0.258. The molecule has 4 heterocycles. The van der Waals surface area contributed by atoms with E-state index in [1.807, 2.05) is 21.9 Å². The molecule has 16 heteroatoms. The van der Waals surface area contributed by atoms with Crippen molar-refractivity contribution in [2.45, 2.75) is 24.9 Å². The van der Waals surface area contributed by atoms with Gasteiger partial charge in [-0.15, -0.1) is 16.4 Å². The Bertz CT molecular complexity index is 1440. The maximum atomic E-state index is 10.6. The summed E-state index contributed by atoms with van der Waals surface area (Å²) in [4.78, 5) is 24.1. The maximum Gasteiger partial charge on any atom is 0.490 e. The largest absolute Gasteiger partial charge is 0.490 e. The molecule has 3 aromatic heterocycles. The van der Waals surface area contributed by atoms with Crippen LogP contribution < -0.4 is 0 Å². The van der Waals surface area contributed by atoms with Crippen molar-refractivity contribution < 1.29 is 46.1 Å². The number of likely N-dealkylation sites (N-methyl/N-ethyl adjacent to an activating group) is 1. The molecule has 1 aliphatic heterocycles. The Hall–Kier alpha value is -4.02. The van der Waals surface area contributed by atoms with E-state index >= 15 is 0 Å². The third-order valence-corrected chi connectivity index (χ3v) is 6.90. The zero-order valence-corrected chi connectivity index (χ0v) is 22.7. The normalized spacial score (nSPS) is 16.2. The second kappa shape index (κ2) is 13.8. The number of hydrogen-bond acceptors (Lipinski definition) is 7. The highest BCUT2D eigenvalue weighted by Crippen LogP contribution is 2.28. The van der Waals surface area contributed by atoms with E-state index in [1.54, 1.807) is 0 Å². The summed E-state index contributed by atoms with van der Waals surface area (Å²) in [6.07, 6.45) is -8.09. The van der Waals surface area contributed by atoms with E-state index in [0.717, 1.165) is 43.0 Å². The highest BCUT2D eigenvalue weighted by Gasteiger charge is 2.39. The average molecular weight is 618 g/mol. The molecule has 5 rings (SSSR count). The number of carboxylic acids is 2. The minimum atomic E-state index is -5.08. The number of piperazine rings is 1. The van der Waals surface area contributed by atoms with E-state index in [9.17, 15) is 26.3 Å². The molecule has 9 nitrogen and oxygen atoms in total. The summed E-state index contributed by atoms with van der Waals surface area (Å²) in [5.74, 6) is -5.51. The summed E-state index contributed by atoms with van der Waals surface area (Å²) in [7, 11) is 2.19. The number of alkyl halides is 6. The van der Waals surface area contributed by atoms with E-state index in [-0.39, 0.29) is 6.04 Å². The number of aromatic nitrogens is 3. The number of nitrogens with zero attached hydrogens (tertiary/aromatic N) is 5. The van der Waals surface area contributed by atoms with E-state index in [2.05, 4.69) is 87.3 Å². The first-order valence-electron chi connectivity index (χ1n) is 12.1. The van der Waals surface area contributed by atoms with Crippen LogP contribution in [0.15, 0.2) is 66.2 Å². The number of aliphatic carboxylic acids is 2. The van der Waals surface area contributed by atoms with E-state index < -0.39 is 24.3 Å². The third-order valence-electron chi connectivity index (χ3n) is 6.04. The van der Waals surface area contributed by atoms with Crippen LogP contribution in [-0.2, 0) is 16.1 Å². The number of fused-ring (bicyclic) bond motifs is 1. The van der Waals surface area contributed by atoms with Crippen molar-refractivity contribution in [1.29, 1.82) is 0 Å². The first-order valence-corrected chi connectivity index (χ1v) is 13.0. The van der Waals surface area contributed by atoms with Crippen LogP contribution >= 0.6 is 11.3 Å².